The summed E-state index contributed by atoms with van der Waals surface area (Å²) in [5.74, 6) is 0.325. The molecule has 32 heavy (non-hydrogen) atoms. The van der Waals surface area contributed by atoms with Gasteiger partial charge in [-0.05, 0) is 47.5 Å². The molecule has 0 fully saturated rings. The van der Waals surface area contributed by atoms with Gasteiger partial charge in [-0.2, -0.15) is 5.10 Å². The first-order valence-electron chi connectivity index (χ1n) is 10.1. The van der Waals surface area contributed by atoms with Crippen molar-refractivity contribution in [2.24, 2.45) is 5.10 Å². The summed E-state index contributed by atoms with van der Waals surface area (Å²) in [5.41, 5.74) is 2.58. The molecule has 1 N–H and O–H groups in total. The molecule has 0 saturated carbocycles. The lowest BCUT2D eigenvalue weighted by atomic mass is 10.1. The van der Waals surface area contributed by atoms with E-state index in [4.69, 9.17) is 4.74 Å². The molecule has 0 bridgehead atoms. The number of nitrogens with zero attached hydrogens (tertiary/aromatic N) is 3. The van der Waals surface area contributed by atoms with Crippen molar-refractivity contribution in [3.63, 3.8) is 0 Å². The Balaban J connectivity index is 1.50. The van der Waals surface area contributed by atoms with E-state index in [1.54, 1.807) is 54.0 Å². The molecule has 1 aromatic carbocycles. The Morgan fingerprint density at radius 3 is 2.69 bits per heavy atom. The number of hydrazone groups is 1. The largest absolute Gasteiger partial charge is 0.495 e. The van der Waals surface area contributed by atoms with Gasteiger partial charge in [0.05, 0.1) is 29.4 Å². The molecule has 1 aliphatic rings. The third-order valence-electron chi connectivity index (χ3n) is 5.24. The minimum absolute atomic E-state index is 0.0941. The molecule has 2 aromatic heterocycles. The number of ether oxygens (including phenoxy) is 1. The first kappa shape index (κ1) is 22.0. The predicted molar refractivity (Wildman–Crippen MR) is 129 cm³/mol. The maximum atomic E-state index is 13.2. The predicted octanol–water partition coefficient (Wildman–Crippen LogP) is 4.97. The van der Waals surface area contributed by atoms with Crippen molar-refractivity contribution in [1.29, 1.82) is 0 Å². The van der Waals surface area contributed by atoms with Crippen molar-refractivity contribution >= 4 is 46.0 Å². The fraction of sp³-hybridized carbons (Fsp3) is 0.261. The van der Waals surface area contributed by atoms with Gasteiger partial charge in [-0.3, -0.25) is 4.79 Å². The molecule has 1 aliphatic heterocycles. The summed E-state index contributed by atoms with van der Waals surface area (Å²) < 4.78 is 5.28. The van der Waals surface area contributed by atoms with E-state index >= 15 is 0 Å². The zero-order valence-electron chi connectivity index (χ0n) is 18.1. The topological polar surface area (TPSA) is 74.2 Å². The lowest BCUT2D eigenvalue weighted by molar-refractivity contribution is -0.133. The second-order valence-corrected chi connectivity index (χ2v) is 9.33. The number of amides is 3. The van der Waals surface area contributed by atoms with E-state index in [0.29, 0.717) is 17.9 Å². The monoisotopic (exact) mass is 468 g/mol. The highest BCUT2D eigenvalue weighted by Crippen LogP contribution is 2.38. The van der Waals surface area contributed by atoms with Gasteiger partial charge in [0.15, 0.2) is 0 Å². The number of benzene rings is 1. The standard InChI is InChI=1S/C23H24N4O3S2/c1-15-10-12-32-22(15)18-13-17(20-9-6-11-31-20)25-27(18)21(28)14-26(2)23(29)24-16-7-4-5-8-19(16)30-3/h4-12,18H,13-14H2,1-3H3,(H,24,29). The number of anilines is 1. The number of thiophene rings is 2. The van der Waals surface area contributed by atoms with Crippen LogP contribution in [0.5, 0.6) is 5.75 Å². The molecule has 1 unspecified atom stereocenters. The summed E-state index contributed by atoms with van der Waals surface area (Å²) >= 11 is 3.24. The first-order valence-corrected chi connectivity index (χ1v) is 11.9. The fourth-order valence-corrected chi connectivity index (χ4v) is 5.30. The molecule has 0 radical (unpaired) electrons. The highest BCUT2D eigenvalue weighted by molar-refractivity contribution is 7.12. The Morgan fingerprint density at radius 2 is 2.00 bits per heavy atom. The van der Waals surface area contributed by atoms with Crippen LogP contribution < -0.4 is 10.1 Å². The average molecular weight is 469 g/mol. The fourth-order valence-electron chi connectivity index (χ4n) is 3.57. The molecule has 7 nitrogen and oxygen atoms in total. The van der Waals surface area contributed by atoms with Crippen molar-refractivity contribution in [1.82, 2.24) is 9.91 Å². The zero-order chi connectivity index (χ0) is 22.7. The number of rotatable bonds is 6. The lowest BCUT2D eigenvalue weighted by Gasteiger charge is -2.25. The second kappa shape index (κ2) is 9.54. The highest BCUT2D eigenvalue weighted by Gasteiger charge is 2.35. The van der Waals surface area contributed by atoms with Crippen LogP contribution in [0, 0.1) is 6.92 Å². The van der Waals surface area contributed by atoms with Crippen molar-refractivity contribution in [2.75, 3.05) is 26.0 Å². The Morgan fingerprint density at radius 1 is 1.19 bits per heavy atom. The Kier molecular flexibility index (Phi) is 6.57. The Labute approximate surface area is 194 Å². The molecular weight excluding hydrogens is 444 g/mol. The number of carbonyl (C=O) groups excluding carboxylic acids is 2. The number of likely N-dealkylation sites (N-methyl/N-ethyl adjacent to an activating group) is 1. The van der Waals surface area contributed by atoms with Gasteiger partial charge in [0, 0.05) is 18.3 Å². The third-order valence-corrected chi connectivity index (χ3v) is 7.28. The van der Waals surface area contributed by atoms with Gasteiger partial charge in [-0.1, -0.05) is 18.2 Å². The Hall–Kier alpha value is -3.17. The number of urea groups is 1. The minimum atomic E-state index is -0.395. The number of aryl methyl sites for hydroxylation is 1. The minimum Gasteiger partial charge on any atom is -0.495 e. The number of hydrogen-bond donors (Lipinski definition) is 1. The molecule has 1 atom stereocenters. The molecule has 166 valence electrons. The van der Waals surface area contributed by atoms with Crippen molar-refractivity contribution in [3.8, 4) is 5.75 Å². The van der Waals surface area contributed by atoms with E-state index in [1.165, 1.54) is 4.90 Å². The second-order valence-electron chi connectivity index (χ2n) is 7.44. The van der Waals surface area contributed by atoms with E-state index in [0.717, 1.165) is 21.0 Å². The molecule has 0 spiro atoms. The average Bonchev–Trinajstić information content (AvgIpc) is 3.54. The molecule has 3 heterocycles. The lowest BCUT2D eigenvalue weighted by Crippen LogP contribution is -2.41. The number of para-hydroxylation sites is 2. The van der Waals surface area contributed by atoms with Crippen LogP contribution >= 0.6 is 22.7 Å². The number of hydrogen-bond acceptors (Lipinski definition) is 6. The quantitative estimate of drug-likeness (QED) is 0.555. The summed E-state index contributed by atoms with van der Waals surface area (Å²) in [6, 6.07) is 12.6. The SMILES string of the molecule is COc1ccccc1NC(=O)N(C)CC(=O)N1N=C(c2cccs2)CC1c1sccc1C. The summed E-state index contributed by atoms with van der Waals surface area (Å²) in [4.78, 5) is 29.5. The third kappa shape index (κ3) is 4.53. The van der Waals surface area contributed by atoms with E-state index in [1.807, 2.05) is 41.9 Å². The van der Waals surface area contributed by atoms with Crippen LogP contribution in [0.15, 0.2) is 58.3 Å². The van der Waals surface area contributed by atoms with Crippen molar-refractivity contribution in [2.45, 2.75) is 19.4 Å². The summed E-state index contributed by atoms with van der Waals surface area (Å²) in [6.07, 6.45) is 0.657. The molecule has 9 heteroatoms. The Bertz CT molecular complexity index is 1140. The summed E-state index contributed by atoms with van der Waals surface area (Å²) in [5, 5.41) is 13.0. The molecular formula is C23H24N4O3S2. The van der Waals surface area contributed by atoms with Gasteiger partial charge in [-0.15, -0.1) is 22.7 Å². The van der Waals surface area contributed by atoms with Gasteiger partial charge in [0.1, 0.15) is 12.3 Å². The van der Waals surface area contributed by atoms with Crippen molar-refractivity contribution in [3.05, 3.63) is 68.5 Å². The molecule has 3 amide bonds. The first-order chi connectivity index (χ1) is 15.5. The van der Waals surface area contributed by atoms with Gasteiger partial charge in [0.25, 0.3) is 5.91 Å². The number of methoxy groups -OCH3 is 1. The zero-order valence-corrected chi connectivity index (χ0v) is 19.7. The summed E-state index contributed by atoms with van der Waals surface area (Å²) in [7, 11) is 3.13. The van der Waals surface area contributed by atoms with Gasteiger partial charge in [-0.25, -0.2) is 9.80 Å². The van der Waals surface area contributed by atoms with Crippen LogP contribution in [0.3, 0.4) is 0 Å². The number of carbonyl (C=O) groups is 2. The maximum Gasteiger partial charge on any atom is 0.322 e. The normalized spacial score (nSPS) is 15.4. The molecule has 3 aromatic rings. The molecule has 0 saturated heterocycles. The van der Waals surface area contributed by atoms with E-state index < -0.39 is 6.03 Å². The van der Waals surface area contributed by atoms with Crippen molar-refractivity contribution < 1.29 is 14.3 Å². The van der Waals surface area contributed by atoms with E-state index in [9.17, 15) is 9.59 Å². The van der Waals surface area contributed by atoms with Gasteiger partial charge in [0.2, 0.25) is 0 Å². The molecule has 0 aliphatic carbocycles. The van der Waals surface area contributed by atoms with Crippen LogP contribution in [0.4, 0.5) is 10.5 Å². The van der Waals surface area contributed by atoms with E-state index in [-0.39, 0.29) is 18.5 Å². The summed E-state index contributed by atoms with van der Waals surface area (Å²) in [6.45, 7) is 1.95. The smallest absolute Gasteiger partial charge is 0.322 e. The molecule has 4 rings (SSSR count). The van der Waals surface area contributed by atoms with Crippen LogP contribution in [0.25, 0.3) is 0 Å². The highest BCUT2D eigenvalue weighted by atomic mass is 32.1. The van der Waals surface area contributed by atoms with Crippen LogP contribution in [-0.4, -0.2) is 48.3 Å². The van der Waals surface area contributed by atoms with Crippen LogP contribution in [0.1, 0.15) is 27.8 Å². The number of nitrogens with one attached hydrogen (secondary N) is 1. The van der Waals surface area contributed by atoms with Crippen LogP contribution in [-0.2, 0) is 4.79 Å². The van der Waals surface area contributed by atoms with E-state index in [2.05, 4.69) is 16.5 Å². The van der Waals surface area contributed by atoms with Gasteiger partial charge >= 0.3 is 6.03 Å². The van der Waals surface area contributed by atoms with Crippen LogP contribution in [0.2, 0.25) is 0 Å². The van der Waals surface area contributed by atoms with Gasteiger partial charge < -0.3 is 15.0 Å². The maximum absolute atomic E-state index is 13.2.